The third-order valence-corrected chi connectivity index (χ3v) is 2.83. The van der Waals surface area contributed by atoms with E-state index >= 15 is 0 Å². The molecule has 0 fully saturated rings. The third-order valence-electron chi connectivity index (χ3n) is 2.83. The van der Waals surface area contributed by atoms with Crippen molar-refractivity contribution in [1.29, 1.82) is 0 Å². The molecule has 0 aromatic rings. The lowest BCUT2D eigenvalue weighted by Crippen LogP contribution is -2.11. The second kappa shape index (κ2) is 10.8. The highest BCUT2D eigenvalue weighted by atomic mass is 16.1. The molecule has 0 aliphatic rings. The minimum absolute atomic E-state index is 0.0575. The van der Waals surface area contributed by atoms with Crippen LogP contribution in [0.4, 0.5) is 0 Å². The number of Topliss-reactive ketones (excluding diaryl/α,β-unsaturated/α-hetero) is 1. The summed E-state index contributed by atoms with van der Waals surface area (Å²) in [6, 6.07) is 0. The van der Waals surface area contributed by atoms with Gasteiger partial charge < -0.3 is 5.73 Å². The first-order valence-corrected chi connectivity index (χ1v) is 6.30. The first-order chi connectivity index (χ1) is 7.72. The second-order valence-corrected chi connectivity index (χ2v) is 4.33. The monoisotopic (exact) mass is 226 g/mol. The van der Waals surface area contributed by atoms with Gasteiger partial charge in [-0.15, -0.1) is 0 Å². The van der Waals surface area contributed by atoms with Crippen LogP contribution in [0.2, 0.25) is 0 Å². The van der Waals surface area contributed by atoms with E-state index in [2.05, 4.69) is 0 Å². The van der Waals surface area contributed by atoms with Crippen LogP contribution >= 0.6 is 0 Å². The Kier molecular flexibility index (Phi) is 10.3. The molecule has 0 saturated heterocycles. The predicted octanol–water partition coefficient (Wildman–Crippen LogP) is 2.38. The van der Waals surface area contributed by atoms with Gasteiger partial charge >= 0.3 is 0 Å². The zero-order valence-electron chi connectivity index (χ0n) is 10.3. The molecule has 0 spiro atoms. The molecule has 1 unspecified atom stereocenters. The Morgan fingerprint density at radius 2 is 1.56 bits per heavy atom. The smallest absolute Gasteiger partial charge is 0.209 e. The first kappa shape index (κ1) is 15.3. The van der Waals surface area contributed by atoms with Gasteiger partial charge in [0, 0.05) is 0 Å². The number of carbonyl (C=O) groups is 1. The fourth-order valence-electron chi connectivity index (χ4n) is 1.72. The summed E-state index contributed by atoms with van der Waals surface area (Å²) in [5, 5.41) is 0. The van der Waals surface area contributed by atoms with Crippen molar-refractivity contribution in [2.45, 2.75) is 58.3 Å². The van der Waals surface area contributed by atoms with Gasteiger partial charge in [0.05, 0.1) is 5.92 Å². The van der Waals surface area contributed by atoms with E-state index in [9.17, 15) is 9.59 Å². The van der Waals surface area contributed by atoms with Crippen molar-refractivity contribution in [3.63, 3.8) is 0 Å². The second-order valence-electron chi connectivity index (χ2n) is 4.33. The quantitative estimate of drug-likeness (QED) is 0.434. The van der Waals surface area contributed by atoms with Gasteiger partial charge in [0.15, 0.2) is 0 Å². The average molecular weight is 226 g/mol. The van der Waals surface area contributed by atoms with Crippen molar-refractivity contribution in [2.24, 2.45) is 11.7 Å². The van der Waals surface area contributed by atoms with E-state index in [1.54, 1.807) is 6.29 Å². The number of hydrogen-bond donors (Lipinski definition) is 1. The normalized spacial score (nSPS) is 12.4. The van der Waals surface area contributed by atoms with Crippen molar-refractivity contribution in [2.75, 3.05) is 6.54 Å². The largest absolute Gasteiger partial charge is 0.330 e. The Morgan fingerprint density at radius 1 is 1.06 bits per heavy atom. The molecule has 3 nitrogen and oxygen atoms in total. The molecule has 0 aliphatic carbocycles. The molecule has 0 aliphatic heterocycles. The Morgan fingerprint density at radius 3 is 2.00 bits per heavy atom. The topological polar surface area (TPSA) is 60.2 Å². The summed E-state index contributed by atoms with van der Waals surface area (Å²) in [5.41, 5.74) is 5.40. The van der Waals surface area contributed by atoms with Gasteiger partial charge in [0.25, 0.3) is 0 Å². The van der Waals surface area contributed by atoms with E-state index in [0.717, 1.165) is 25.8 Å². The van der Waals surface area contributed by atoms with E-state index in [1.807, 2.05) is 0 Å². The van der Waals surface area contributed by atoms with Crippen LogP contribution < -0.4 is 5.73 Å². The van der Waals surface area contributed by atoms with Crippen molar-refractivity contribution in [3.8, 4) is 0 Å². The van der Waals surface area contributed by atoms with E-state index in [1.165, 1.54) is 32.6 Å². The summed E-state index contributed by atoms with van der Waals surface area (Å²) >= 11 is 0. The fraction of sp³-hybridized carbons (Fsp3) is 0.846. The summed E-state index contributed by atoms with van der Waals surface area (Å²) in [5.74, 6) is -0.546. The van der Waals surface area contributed by atoms with Gasteiger partial charge in [-0.25, -0.2) is 0 Å². The lowest BCUT2D eigenvalue weighted by molar-refractivity contribution is -0.119. The van der Waals surface area contributed by atoms with Gasteiger partial charge in [-0.05, 0) is 26.3 Å². The predicted molar refractivity (Wildman–Crippen MR) is 65.9 cm³/mol. The highest BCUT2D eigenvalue weighted by Crippen LogP contribution is 2.12. The van der Waals surface area contributed by atoms with Crippen LogP contribution in [0.5, 0.6) is 0 Å². The number of rotatable bonds is 11. The maximum atomic E-state index is 10.9. The van der Waals surface area contributed by atoms with E-state index < -0.39 is 5.92 Å². The van der Waals surface area contributed by atoms with Gasteiger partial charge in [0.1, 0.15) is 5.78 Å². The molecular weight excluding hydrogens is 202 g/mol. The molecule has 0 rings (SSSR count). The van der Waals surface area contributed by atoms with Crippen LogP contribution in [0.15, 0.2) is 0 Å². The van der Waals surface area contributed by atoms with E-state index in [4.69, 9.17) is 5.73 Å². The molecular formula is C13H24NO2. The van der Waals surface area contributed by atoms with Crippen LogP contribution in [0.1, 0.15) is 58.3 Å². The number of hydrogen-bond acceptors (Lipinski definition) is 3. The summed E-state index contributed by atoms with van der Waals surface area (Å²) in [4.78, 5) is 21.4. The average Bonchev–Trinajstić information content (AvgIpc) is 2.26. The van der Waals surface area contributed by atoms with Crippen molar-refractivity contribution in [3.05, 3.63) is 0 Å². The first-order valence-electron chi connectivity index (χ1n) is 6.30. The molecule has 1 atom stereocenters. The molecule has 0 heterocycles. The lowest BCUT2D eigenvalue weighted by Gasteiger charge is -2.05. The molecule has 0 saturated carbocycles. The molecule has 93 valence electrons. The maximum Gasteiger partial charge on any atom is 0.209 e. The SMILES string of the molecule is CC(=O)C([C]=O)CCCCCCCCCN. The zero-order chi connectivity index (χ0) is 12.2. The molecule has 2 N–H and O–H groups in total. The van der Waals surface area contributed by atoms with Crippen molar-refractivity contribution < 1.29 is 9.59 Å². The highest BCUT2D eigenvalue weighted by Gasteiger charge is 2.12. The van der Waals surface area contributed by atoms with Crippen LogP contribution in [0.25, 0.3) is 0 Å². The fourth-order valence-corrected chi connectivity index (χ4v) is 1.72. The third kappa shape index (κ3) is 8.60. The molecule has 16 heavy (non-hydrogen) atoms. The minimum Gasteiger partial charge on any atom is -0.330 e. The number of carbonyl (C=O) groups excluding carboxylic acids is 2. The minimum atomic E-state index is -0.489. The molecule has 0 amide bonds. The van der Waals surface area contributed by atoms with Crippen molar-refractivity contribution in [1.82, 2.24) is 0 Å². The Hall–Kier alpha value is -0.700. The molecule has 0 aromatic heterocycles. The Balaban J connectivity index is 3.26. The van der Waals surface area contributed by atoms with Crippen LogP contribution in [-0.2, 0) is 9.59 Å². The summed E-state index contributed by atoms with van der Waals surface area (Å²) in [6.45, 7) is 2.25. The van der Waals surface area contributed by atoms with Crippen LogP contribution in [0.3, 0.4) is 0 Å². The lowest BCUT2D eigenvalue weighted by atomic mass is 9.98. The summed E-state index contributed by atoms with van der Waals surface area (Å²) in [7, 11) is 0. The number of nitrogens with two attached hydrogens (primary N) is 1. The van der Waals surface area contributed by atoms with Crippen molar-refractivity contribution >= 4 is 12.1 Å². The van der Waals surface area contributed by atoms with Gasteiger partial charge in [-0.3, -0.25) is 9.59 Å². The number of ketones is 1. The Bertz CT molecular complexity index is 192. The Labute approximate surface area is 98.8 Å². The van der Waals surface area contributed by atoms with Crippen LogP contribution in [-0.4, -0.2) is 18.6 Å². The number of unbranched alkanes of at least 4 members (excludes halogenated alkanes) is 6. The summed E-state index contributed by atoms with van der Waals surface area (Å²) < 4.78 is 0. The van der Waals surface area contributed by atoms with Gasteiger partial charge in [-0.1, -0.05) is 38.5 Å². The van der Waals surface area contributed by atoms with Gasteiger partial charge in [0.2, 0.25) is 6.29 Å². The standard InChI is InChI=1S/C13H24NO2/c1-12(16)13(11-15)9-7-5-3-2-4-6-8-10-14/h13H,2-10,14H2,1H3. The van der Waals surface area contributed by atoms with Crippen LogP contribution in [0, 0.1) is 5.92 Å². The highest BCUT2D eigenvalue weighted by molar-refractivity contribution is 5.91. The van der Waals surface area contributed by atoms with E-state index in [-0.39, 0.29) is 5.78 Å². The molecule has 1 radical (unpaired) electrons. The zero-order valence-corrected chi connectivity index (χ0v) is 10.3. The summed E-state index contributed by atoms with van der Waals surface area (Å²) in [6.07, 6.45) is 10.5. The molecule has 3 heteroatoms. The molecule has 0 bridgehead atoms. The van der Waals surface area contributed by atoms with E-state index in [0.29, 0.717) is 6.42 Å². The van der Waals surface area contributed by atoms with Gasteiger partial charge in [-0.2, -0.15) is 0 Å². The maximum absolute atomic E-state index is 10.9. The molecule has 0 aromatic carbocycles.